The van der Waals surface area contributed by atoms with E-state index in [1.807, 2.05) is 47.4 Å². The summed E-state index contributed by atoms with van der Waals surface area (Å²) in [4.78, 5) is 19.4. The van der Waals surface area contributed by atoms with Gasteiger partial charge in [-0.25, -0.2) is 4.98 Å². The molecule has 4 nitrogen and oxygen atoms in total. The predicted molar refractivity (Wildman–Crippen MR) is 109 cm³/mol. The zero-order valence-electron chi connectivity index (χ0n) is 15.6. The molecular formula is C22H24ClN3O. The standard InChI is InChI=1S/C22H24ClN3O/c1-2-3-12-25-15-17(13-21(25)27)22-24-19-6-4-5-7-20(19)26(22)14-16-8-10-18(23)11-9-16/h4-11,17H,2-3,12-15H2,1H3/t17-/m0/s1. The maximum atomic E-state index is 12.5. The van der Waals surface area contributed by atoms with Crippen LogP contribution in [0.5, 0.6) is 0 Å². The number of para-hydroxylation sites is 2. The Balaban J connectivity index is 1.68. The Hall–Kier alpha value is -2.33. The molecule has 4 rings (SSSR count). The molecule has 140 valence electrons. The Morgan fingerprint density at radius 3 is 2.70 bits per heavy atom. The van der Waals surface area contributed by atoms with Gasteiger partial charge in [-0.15, -0.1) is 0 Å². The Kier molecular flexibility index (Phi) is 5.17. The Morgan fingerprint density at radius 1 is 1.15 bits per heavy atom. The number of rotatable bonds is 6. The highest BCUT2D eigenvalue weighted by Gasteiger charge is 2.33. The topological polar surface area (TPSA) is 38.1 Å². The molecule has 1 aliphatic rings. The second-order valence-corrected chi connectivity index (χ2v) is 7.70. The van der Waals surface area contributed by atoms with E-state index in [9.17, 15) is 4.79 Å². The van der Waals surface area contributed by atoms with Gasteiger partial charge in [-0.3, -0.25) is 4.79 Å². The fourth-order valence-electron chi connectivity index (χ4n) is 3.85. The first-order chi connectivity index (χ1) is 13.2. The van der Waals surface area contributed by atoms with Gasteiger partial charge in [0, 0.05) is 37.0 Å². The van der Waals surface area contributed by atoms with Crippen molar-refractivity contribution in [2.24, 2.45) is 0 Å². The maximum absolute atomic E-state index is 12.5. The number of unbranched alkanes of at least 4 members (excludes halogenated alkanes) is 1. The van der Waals surface area contributed by atoms with Crippen LogP contribution < -0.4 is 0 Å². The monoisotopic (exact) mass is 381 g/mol. The number of halogens is 1. The van der Waals surface area contributed by atoms with E-state index in [0.29, 0.717) is 6.42 Å². The lowest BCUT2D eigenvalue weighted by Crippen LogP contribution is -2.26. The molecule has 1 fully saturated rings. The van der Waals surface area contributed by atoms with E-state index in [1.54, 1.807) is 0 Å². The summed E-state index contributed by atoms with van der Waals surface area (Å²) in [6.45, 7) is 4.50. The highest BCUT2D eigenvalue weighted by molar-refractivity contribution is 6.30. The number of fused-ring (bicyclic) bond motifs is 1. The number of amides is 1. The first kappa shape index (κ1) is 18.1. The van der Waals surface area contributed by atoms with Crippen molar-refractivity contribution < 1.29 is 4.79 Å². The van der Waals surface area contributed by atoms with Crippen LogP contribution in [-0.4, -0.2) is 33.4 Å². The van der Waals surface area contributed by atoms with E-state index in [1.165, 1.54) is 5.56 Å². The minimum Gasteiger partial charge on any atom is -0.342 e. The van der Waals surface area contributed by atoms with Gasteiger partial charge < -0.3 is 9.47 Å². The zero-order chi connectivity index (χ0) is 18.8. The summed E-state index contributed by atoms with van der Waals surface area (Å²) in [5.41, 5.74) is 3.28. The molecule has 5 heteroatoms. The van der Waals surface area contributed by atoms with Crippen LogP contribution in [0.3, 0.4) is 0 Å². The molecule has 0 radical (unpaired) electrons. The summed E-state index contributed by atoms with van der Waals surface area (Å²) in [5.74, 6) is 1.41. The Morgan fingerprint density at radius 2 is 1.93 bits per heavy atom. The smallest absolute Gasteiger partial charge is 0.223 e. The molecule has 0 aliphatic carbocycles. The number of carbonyl (C=O) groups is 1. The number of hydrogen-bond acceptors (Lipinski definition) is 2. The SMILES string of the molecule is CCCCN1C[C@@H](c2nc3ccccc3n2Cc2ccc(Cl)cc2)CC1=O. The fourth-order valence-corrected chi connectivity index (χ4v) is 3.98. The molecule has 1 atom stereocenters. The third-order valence-electron chi connectivity index (χ3n) is 5.30. The molecule has 1 aromatic heterocycles. The lowest BCUT2D eigenvalue weighted by atomic mass is 10.1. The first-order valence-corrected chi connectivity index (χ1v) is 10.0. The van der Waals surface area contributed by atoms with Crippen molar-refractivity contribution in [1.29, 1.82) is 0 Å². The fraction of sp³-hybridized carbons (Fsp3) is 0.364. The van der Waals surface area contributed by atoms with Crippen molar-refractivity contribution in [3.63, 3.8) is 0 Å². The summed E-state index contributed by atoms with van der Waals surface area (Å²) < 4.78 is 2.26. The average molecular weight is 382 g/mol. The van der Waals surface area contributed by atoms with E-state index < -0.39 is 0 Å². The minimum atomic E-state index is 0.147. The summed E-state index contributed by atoms with van der Waals surface area (Å²) in [5, 5.41) is 0.738. The van der Waals surface area contributed by atoms with Crippen LogP contribution in [0.2, 0.25) is 5.02 Å². The number of imidazole rings is 1. The summed E-state index contributed by atoms with van der Waals surface area (Å²) >= 11 is 6.04. The number of benzene rings is 2. The molecule has 0 spiro atoms. The van der Waals surface area contributed by atoms with Crippen molar-refractivity contribution in [2.45, 2.75) is 38.6 Å². The van der Waals surface area contributed by atoms with E-state index in [-0.39, 0.29) is 11.8 Å². The normalized spacial score (nSPS) is 17.2. The van der Waals surface area contributed by atoms with Gasteiger partial charge in [0.05, 0.1) is 11.0 Å². The molecule has 0 unspecified atom stereocenters. The lowest BCUT2D eigenvalue weighted by Gasteiger charge is -2.17. The summed E-state index contributed by atoms with van der Waals surface area (Å²) in [6.07, 6.45) is 2.71. The maximum Gasteiger partial charge on any atom is 0.223 e. The number of aromatic nitrogens is 2. The Bertz CT molecular complexity index is 948. The second kappa shape index (κ2) is 7.73. The summed E-state index contributed by atoms with van der Waals surface area (Å²) in [6, 6.07) is 16.1. The van der Waals surface area contributed by atoms with Gasteiger partial charge in [-0.2, -0.15) is 0 Å². The molecule has 1 saturated heterocycles. The van der Waals surface area contributed by atoms with Crippen molar-refractivity contribution in [3.8, 4) is 0 Å². The van der Waals surface area contributed by atoms with Gasteiger partial charge in [0.1, 0.15) is 5.82 Å². The first-order valence-electron chi connectivity index (χ1n) is 9.63. The largest absolute Gasteiger partial charge is 0.342 e. The van der Waals surface area contributed by atoms with E-state index >= 15 is 0 Å². The van der Waals surface area contributed by atoms with Gasteiger partial charge in [-0.05, 0) is 36.2 Å². The van der Waals surface area contributed by atoms with E-state index in [4.69, 9.17) is 16.6 Å². The van der Waals surface area contributed by atoms with Gasteiger partial charge in [0.25, 0.3) is 0 Å². The molecule has 0 saturated carbocycles. The van der Waals surface area contributed by atoms with Crippen molar-refractivity contribution in [2.75, 3.05) is 13.1 Å². The van der Waals surface area contributed by atoms with Gasteiger partial charge in [-0.1, -0.05) is 49.2 Å². The lowest BCUT2D eigenvalue weighted by molar-refractivity contribution is -0.127. The summed E-state index contributed by atoms with van der Waals surface area (Å²) in [7, 11) is 0. The Labute approximate surface area is 164 Å². The molecule has 1 aliphatic heterocycles. The van der Waals surface area contributed by atoms with Crippen LogP contribution in [0.15, 0.2) is 48.5 Å². The molecule has 3 aromatic rings. The zero-order valence-corrected chi connectivity index (χ0v) is 16.3. The van der Waals surface area contributed by atoms with Crippen LogP contribution in [0.4, 0.5) is 0 Å². The van der Waals surface area contributed by atoms with Crippen molar-refractivity contribution in [3.05, 3.63) is 64.9 Å². The van der Waals surface area contributed by atoms with Gasteiger partial charge >= 0.3 is 0 Å². The van der Waals surface area contributed by atoms with Crippen LogP contribution >= 0.6 is 11.6 Å². The number of nitrogens with zero attached hydrogens (tertiary/aromatic N) is 3. The molecule has 27 heavy (non-hydrogen) atoms. The van der Waals surface area contributed by atoms with Crippen LogP contribution in [-0.2, 0) is 11.3 Å². The average Bonchev–Trinajstić information content (AvgIpc) is 3.22. The minimum absolute atomic E-state index is 0.147. The number of likely N-dealkylation sites (tertiary alicyclic amines) is 1. The van der Waals surface area contributed by atoms with Crippen LogP contribution in [0, 0.1) is 0 Å². The van der Waals surface area contributed by atoms with Gasteiger partial charge in [0.2, 0.25) is 5.91 Å². The van der Waals surface area contributed by atoms with Crippen LogP contribution in [0.25, 0.3) is 11.0 Å². The van der Waals surface area contributed by atoms with E-state index in [0.717, 1.165) is 54.4 Å². The second-order valence-electron chi connectivity index (χ2n) is 7.27. The number of hydrogen-bond donors (Lipinski definition) is 0. The van der Waals surface area contributed by atoms with Crippen molar-refractivity contribution in [1.82, 2.24) is 14.5 Å². The molecule has 0 bridgehead atoms. The predicted octanol–water partition coefficient (Wildman–Crippen LogP) is 4.85. The molecule has 1 amide bonds. The highest BCUT2D eigenvalue weighted by Crippen LogP contribution is 2.31. The van der Waals surface area contributed by atoms with E-state index in [2.05, 4.69) is 17.6 Å². The van der Waals surface area contributed by atoms with Crippen LogP contribution in [0.1, 0.15) is 43.5 Å². The third kappa shape index (κ3) is 3.72. The third-order valence-corrected chi connectivity index (χ3v) is 5.55. The molecule has 2 heterocycles. The quantitative estimate of drug-likeness (QED) is 0.611. The molecule has 0 N–H and O–H groups in total. The highest BCUT2D eigenvalue weighted by atomic mass is 35.5. The number of carbonyl (C=O) groups excluding carboxylic acids is 1. The molecular weight excluding hydrogens is 358 g/mol. The van der Waals surface area contributed by atoms with Gasteiger partial charge in [0.15, 0.2) is 0 Å². The van der Waals surface area contributed by atoms with Crippen molar-refractivity contribution >= 4 is 28.5 Å². The molecule has 2 aromatic carbocycles.